The molecule has 1 aromatic carbocycles. The van der Waals surface area contributed by atoms with E-state index in [0.717, 1.165) is 24.7 Å². The summed E-state index contributed by atoms with van der Waals surface area (Å²) in [7, 11) is 0. The van der Waals surface area contributed by atoms with E-state index in [0.29, 0.717) is 34.3 Å². The molecular weight excluding hydrogens is 472 g/mol. The summed E-state index contributed by atoms with van der Waals surface area (Å²) in [5, 5.41) is 20.0. The van der Waals surface area contributed by atoms with Crippen molar-refractivity contribution >= 4 is 11.8 Å². The Balaban J connectivity index is 1.14. The maximum absolute atomic E-state index is 12.9. The molecule has 0 unspecified atom stereocenters. The first kappa shape index (κ1) is 23.5. The molecule has 186 valence electrons. The van der Waals surface area contributed by atoms with Crippen molar-refractivity contribution in [2.45, 2.75) is 51.3 Å². The fraction of sp³-hybridized carbons (Fsp3) is 0.375. The quantitative estimate of drug-likeness (QED) is 0.516. The minimum atomic E-state index is -2.90. The number of amides is 2. The lowest BCUT2D eigenvalue weighted by Crippen LogP contribution is -2.58. The van der Waals surface area contributed by atoms with E-state index >= 15 is 0 Å². The largest absolute Gasteiger partial charge is 0.473 e. The third-order valence-corrected chi connectivity index (χ3v) is 6.95. The van der Waals surface area contributed by atoms with Gasteiger partial charge in [-0.05, 0) is 62.3 Å². The summed E-state index contributed by atoms with van der Waals surface area (Å²) >= 11 is 0. The van der Waals surface area contributed by atoms with E-state index in [4.69, 9.17) is 15.7 Å². The van der Waals surface area contributed by atoms with Crippen molar-refractivity contribution in [1.29, 1.82) is 5.26 Å². The first-order chi connectivity index (χ1) is 17.2. The third kappa shape index (κ3) is 4.17. The van der Waals surface area contributed by atoms with Crippen LogP contribution in [0.2, 0.25) is 0 Å². The standard InChI is InChI=1S/C24H23F2N7O3/c1-13-18(11-29-33(13)16-4-2-14(10-27)3-5-16)21(35)30-15-6-24(7-15)8-17(9-24)36-22-19(20(28)34)12-32(31-22)23(25)26/h2-5,11-12,15,17,23H,6-9H2,1H3,(H2,28,34)(H,30,35)/t15-,17-,24?. The fourth-order valence-electron chi connectivity index (χ4n) is 5.13. The summed E-state index contributed by atoms with van der Waals surface area (Å²) < 4.78 is 33.5. The molecule has 0 radical (unpaired) electrons. The molecule has 3 aromatic rings. The molecule has 2 saturated carbocycles. The van der Waals surface area contributed by atoms with Gasteiger partial charge in [-0.2, -0.15) is 19.1 Å². The summed E-state index contributed by atoms with van der Waals surface area (Å²) in [5.41, 5.74) is 7.56. The van der Waals surface area contributed by atoms with Gasteiger partial charge in [-0.15, -0.1) is 5.10 Å². The van der Waals surface area contributed by atoms with Crippen LogP contribution in [-0.2, 0) is 0 Å². The number of rotatable bonds is 7. The number of nitrogens with zero attached hydrogens (tertiary/aromatic N) is 5. The molecule has 2 heterocycles. The number of nitriles is 1. The second kappa shape index (κ2) is 8.75. The van der Waals surface area contributed by atoms with Crippen molar-refractivity contribution in [3.05, 3.63) is 59.0 Å². The molecule has 12 heteroatoms. The van der Waals surface area contributed by atoms with Crippen LogP contribution in [-0.4, -0.2) is 43.5 Å². The number of alkyl halides is 2. The number of nitrogens with two attached hydrogens (primary N) is 1. The average molecular weight is 495 g/mol. The lowest BCUT2D eigenvalue weighted by molar-refractivity contribution is -0.0853. The van der Waals surface area contributed by atoms with Crippen molar-refractivity contribution in [1.82, 2.24) is 24.9 Å². The number of hydrogen-bond acceptors (Lipinski definition) is 6. The summed E-state index contributed by atoms with van der Waals surface area (Å²) in [5.74, 6) is -1.26. The number of carbonyl (C=O) groups excluding carboxylic acids is 2. The molecule has 2 aliphatic rings. The Hall–Kier alpha value is -4.27. The van der Waals surface area contributed by atoms with E-state index < -0.39 is 12.5 Å². The lowest BCUT2D eigenvalue weighted by atomic mass is 9.53. The van der Waals surface area contributed by atoms with E-state index in [1.54, 1.807) is 28.9 Å². The van der Waals surface area contributed by atoms with Gasteiger partial charge in [0.2, 0.25) is 5.88 Å². The van der Waals surface area contributed by atoms with Gasteiger partial charge in [0.05, 0.1) is 34.8 Å². The predicted octanol–water partition coefficient (Wildman–Crippen LogP) is 2.86. The zero-order valence-electron chi connectivity index (χ0n) is 19.3. The molecule has 0 atom stereocenters. The van der Waals surface area contributed by atoms with Crippen molar-refractivity contribution < 1.29 is 23.1 Å². The molecule has 10 nitrogen and oxygen atoms in total. The number of ether oxygens (including phenoxy) is 1. The molecule has 0 bridgehead atoms. The SMILES string of the molecule is Cc1c(C(=O)N[C@H]2CC3(C2)C[C@H](Oc2nn(C(F)F)cc2C(N)=O)C3)cnn1-c1ccc(C#N)cc1. The smallest absolute Gasteiger partial charge is 0.333 e. The highest BCUT2D eigenvalue weighted by molar-refractivity contribution is 5.95. The van der Waals surface area contributed by atoms with Gasteiger partial charge in [0.15, 0.2) is 0 Å². The van der Waals surface area contributed by atoms with Gasteiger partial charge in [-0.1, -0.05) is 0 Å². The van der Waals surface area contributed by atoms with Gasteiger partial charge in [-0.25, -0.2) is 9.36 Å². The highest BCUT2D eigenvalue weighted by Crippen LogP contribution is 2.56. The second-order valence-electron chi connectivity index (χ2n) is 9.41. The Labute approximate surface area is 204 Å². The van der Waals surface area contributed by atoms with E-state index in [1.165, 1.54) is 6.20 Å². The molecule has 5 rings (SSSR count). The van der Waals surface area contributed by atoms with Crippen LogP contribution in [0, 0.1) is 23.7 Å². The van der Waals surface area contributed by atoms with Gasteiger partial charge in [0.1, 0.15) is 11.7 Å². The first-order valence-corrected chi connectivity index (χ1v) is 11.4. The van der Waals surface area contributed by atoms with Gasteiger partial charge < -0.3 is 15.8 Å². The van der Waals surface area contributed by atoms with Crippen LogP contribution in [0.25, 0.3) is 5.69 Å². The summed E-state index contributed by atoms with van der Waals surface area (Å²) in [6, 6.07) is 9.01. The van der Waals surface area contributed by atoms with E-state index in [2.05, 4.69) is 21.6 Å². The number of carbonyl (C=O) groups is 2. The predicted molar refractivity (Wildman–Crippen MR) is 122 cm³/mol. The number of primary amides is 1. The Bertz CT molecular complexity index is 1360. The van der Waals surface area contributed by atoms with Crippen LogP contribution in [0.15, 0.2) is 36.7 Å². The van der Waals surface area contributed by atoms with E-state index in [-0.39, 0.29) is 34.9 Å². The zero-order chi connectivity index (χ0) is 25.6. The molecule has 3 N–H and O–H groups in total. The van der Waals surface area contributed by atoms with Crippen molar-refractivity contribution in [3.63, 3.8) is 0 Å². The van der Waals surface area contributed by atoms with Gasteiger partial charge in [-0.3, -0.25) is 9.59 Å². The van der Waals surface area contributed by atoms with Crippen LogP contribution in [0.1, 0.15) is 64.2 Å². The first-order valence-electron chi connectivity index (χ1n) is 11.4. The number of nitrogens with one attached hydrogen (secondary N) is 1. The molecule has 1 spiro atoms. The van der Waals surface area contributed by atoms with Gasteiger partial charge in [0, 0.05) is 12.2 Å². The molecule has 0 saturated heterocycles. The number of halogens is 2. The van der Waals surface area contributed by atoms with Gasteiger partial charge >= 0.3 is 6.55 Å². The highest BCUT2D eigenvalue weighted by Gasteiger charge is 2.54. The molecule has 2 amide bonds. The van der Waals surface area contributed by atoms with Crippen LogP contribution in [0.3, 0.4) is 0 Å². The monoisotopic (exact) mass is 495 g/mol. The number of aromatic nitrogens is 4. The summed E-state index contributed by atoms with van der Waals surface area (Å²) in [4.78, 5) is 24.4. The minimum absolute atomic E-state index is 0.00957. The third-order valence-electron chi connectivity index (χ3n) is 6.95. The Morgan fingerprint density at radius 3 is 2.53 bits per heavy atom. The lowest BCUT2D eigenvalue weighted by Gasteiger charge is -2.57. The zero-order valence-corrected chi connectivity index (χ0v) is 19.3. The Morgan fingerprint density at radius 1 is 1.22 bits per heavy atom. The van der Waals surface area contributed by atoms with Crippen LogP contribution < -0.4 is 15.8 Å². The summed E-state index contributed by atoms with van der Waals surface area (Å²) in [6.45, 7) is -1.09. The van der Waals surface area contributed by atoms with E-state index in [9.17, 15) is 18.4 Å². The normalized spacial score (nSPS) is 22.5. The molecule has 0 aliphatic heterocycles. The van der Waals surface area contributed by atoms with Crippen molar-refractivity contribution in [3.8, 4) is 17.6 Å². The second-order valence-corrected chi connectivity index (χ2v) is 9.41. The molecule has 36 heavy (non-hydrogen) atoms. The maximum atomic E-state index is 12.9. The van der Waals surface area contributed by atoms with Crippen molar-refractivity contribution in [2.75, 3.05) is 0 Å². The molecule has 2 aromatic heterocycles. The number of hydrogen-bond donors (Lipinski definition) is 2. The summed E-state index contributed by atoms with van der Waals surface area (Å²) in [6.07, 6.45) is 5.05. The number of benzene rings is 1. The molecular formula is C24H23F2N7O3. The average Bonchev–Trinajstić information content (AvgIpc) is 3.40. The highest BCUT2D eigenvalue weighted by atomic mass is 19.3. The maximum Gasteiger partial charge on any atom is 0.333 e. The Kier molecular flexibility index (Phi) is 5.70. The molecule has 2 aliphatic carbocycles. The van der Waals surface area contributed by atoms with Gasteiger partial charge in [0.25, 0.3) is 11.8 Å². The fourth-order valence-corrected chi connectivity index (χ4v) is 5.13. The Morgan fingerprint density at radius 2 is 1.92 bits per heavy atom. The van der Waals surface area contributed by atoms with Crippen molar-refractivity contribution in [2.24, 2.45) is 11.1 Å². The van der Waals surface area contributed by atoms with E-state index in [1.807, 2.05) is 6.92 Å². The van der Waals surface area contributed by atoms with Crippen LogP contribution in [0.5, 0.6) is 5.88 Å². The van der Waals surface area contributed by atoms with Crippen LogP contribution in [0.4, 0.5) is 8.78 Å². The minimum Gasteiger partial charge on any atom is -0.473 e. The topological polar surface area (TPSA) is 141 Å². The molecule has 2 fully saturated rings. The van der Waals surface area contributed by atoms with Crippen LogP contribution >= 0.6 is 0 Å².